The molecule has 4 nitrogen and oxygen atoms in total. The number of hydrogen-bond acceptors (Lipinski definition) is 3. The second-order valence-corrected chi connectivity index (χ2v) is 4.44. The molecule has 1 heterocycles. The average molecular weight is 265 g/mol. The quantitative estimate of drug-likeness (QED) is 0.923. The number of carbonyl (C=O) groups is 1. The van der Waals surface area contributed by atoms with Crippen LogP contribution in [0.3, 0.4) is 0 Å². The number of nitrogens with zero attached hydrogens (tertiary/aromatic N) is 2. The van der Waals surface area contributed by atoms with Crippen LogP contribution < -0.4 is 5.32 Å². The van der Waals surface area contributed by atoms with Crippen LogP contribution in [0.1, 0.15) is 35.0 Å². The summed E-state index contributed by atoms with van der Waals surface area (Å²) in [6.07, 6.45) is 3.58. The number of amides is 1. The molecule has 1 aromatic heterocycles. The first-order valence-electron chi connectivity index (χ1n) is 6.49. The molecule has 0 saturated heterocycles. The van der Waals surface area contributed by atoms with Crippen molar-refractivity contribution in [3.8, 4) is 6.07 Å². The number of pyridine rings is 1. The van der Waals surface area contributed by atoms with Crippen LogP contribution in [-0.2, 0) is 6.42 Å². The van der Waals surface area contributed by atoms with Crippen LogP contribution in [0.4, 0.5) is 5.69 Å². The van der Waals surface area contributed by atoms with Gasteiger partial charge in [-0.05, 0) is 36.2 Å². The van der Waals surface area contributed by atoms with Gasteiger partial charge in [0.1, 0.15) is 5.69 Å². The van der Waals surface area contributed by atoms with E-state index in [-0.39, 0.29) is 11.6 Å². The average Bonchev–Trinajstić information content (AvgIpc) is 2.49. The van der Waals surface area contributed by atoms with Gasteiger partial charge in [-0.3, -0.25) is 9.78 Å². The molecule has 1 amide bonds. The summed E-state index contributed by atoms with van der Waals surface area (Å²) in [5.41, 5.74) is 2.62. The van der Waals surface area contributed by atoms with Crippen molar-refractivity contribution in [1.29, 1.82) is 5.26 Å². The molecule has 2 aromatic rings. The van der Waals surface area contributed by atoms with Crippen LogP contribution >= 0.6 is 0 Å². The fraction of sp³-hybridized carbons (Fsp3) is 0.188. The summed E-state index contributed by atoms with van der Waals surface area (Å²) in [5.74, 6) is -0.314. The molecule has 0 fully saturated rings. The molecular formula is C16H15N3O. The van der Waals surface area contributed by atoms with Crippen molar-refractivity contribution in [1.82, 2.24) is 4.98 Å². The Bertz CT molecular complexity index is 642. The number of rotatable bonds is 4. The molecule has 0 aliphatic heterocycles. The summed E-state index contributed by atoms with van der Waals surface area (Å²) in [6.45, 7) is 2.13. The number of aryl methyl sites for hydroxylation is 1. The number of carbonyl (C=O) groups excluding carboxylic acids is 1. The molecule has 20 heavy (non-hydrogen) atoms. The molecule has 4 heteroatoms. The maximum atomic E-state index is 12.0. The third kappa shape index (κ3) is 3.42. The Balaban J connectivity index is 2.09. The second kappa shape index (κ2) is 6.48. The lowest BCUT2D eigenvalue weighted by molar-refractivity contribution is 0.102. The van der Waals surface area contributed by atoms with E-state index >= 15 is 0 Å². The Kier molecular flexibility index (Phi) is 4.46. The highest BCUT2D eigenvalue weighted by Crippen LogP contribution is 2.12. The largest absolute Gasteiger partial charge is 0.321 e. The zero-order chi connectivity index (χ0) is 14.4. The highest BCUT2D eigenvalue weighted by atomic mass is 16.1. The number of hydrogen-bond donors (Lipinski definition) is 1. The molecule has 1 N–H and O–H groups in total. The van der Waals surface area contributed by atoms with Gasteiger partial charge in [-0.1, -0.05) is 25.5 Å². The first-order chi connectivity index (χ1) is 9.72. The van der Waals surface area contributed by atoms with Gasteiger partial charge in [0.25, 0.3) is 5.91 Å². The van der Waals surface area contributed by atoms with Crippen molar-refractivity contribution in [3.05, 3.63) is 59.4 Å². The minimum absolute atomic E-state index is 0.238. The molecule has 2 rings (SSSR count). The first kappa shape index (κ1) is 13.8. The number of benzene rings is 1. The van der Waals surface area contributed by atoms with Crippen LogP contribution in [0.5, 0.6) is 0 Å². The Morgan fingerprint density at radius 3 is 2.70 bits per heavy atom. The molecule has 0 atom stereocenters. The molecule has 0 spiro atoms. The zero-order valence-corrected chi connectivity index (χ0v) is 11.3. The summed E-state index contributed by atoms with van der Waals surface area (Å²) < 4.78 is 0. The predicted octanol–water partition coefficient (Wildman–Crippen LogP) is 3.16. The van der Waals surface area contributed by atoms with Crippen molar-refractivity contribution >= 4 is 11.6 Å². The van der Waals surface area contributed by atoms with Crippen molar-refractivity contribution in [2.24, 2.45) is 0 Å². The lowest BCUT2D eigenvalue weighted by Crippen LogP contribution is -2.13. The van der Waals surface area contributed by atoms with Gasteiger partial charge in [-0.15, -0.1) is 0 Å². The van der Waals surface area contributed by atoms with Gasteiger partial charge in [0.15, 0.2) is 0 Å². The SMILES string of the molecule is CCCc1ccc(NC(=O)c2cc(C#N)ccn2)cc1. The molecule has 0 saturated carbocycles. The van der Waals surface area contributed by atoms with Crippen molar-refractivity contribution < 1.29 is 4.79 Å². The third-order valence-electron chi connectivity index (χ3n) is 2.87. The van der Waals surface area contributed by atoms with Crippen molar-refractivity contribution in [2.75, 3.05) is 5.32 Å². The van der Waals surface area contributed by atoms with E-state index < -0.39 is 0 Å². The molecule has 1 aromatic carbocycles. The fourth-order valence-corrected chi connectivity index (χ4v) is 1.86. The van der Waals surface area contributed by atoms with Gasteiger partial charge in [0.05, 0.1) is 11.6 Å². The van der Waals surface area contributed by atoms with E-state index in [1.807, 2.05) is 30.3 Å². The van der Waals surface area contributed by atoms with Crippen molar-refractivity contribution in [3.63, 3.8) is 0 Å². The van der Waals surface area contributed by atoms with Crippen LogP contribution in [0.15, 0.2) is 42.6 Å². The molecule has 100 valence electrons. The summed E-state index contributed by atoms with van der Waals surface area (Å²) in [5, 5.41) is 11.6. The molecule has 0 aliphatic rings. The van der Waals surface area contributed by atoms with Gasteiger partial charge in [0, 0.05) is 11.9 Å². The number of nitrogens with one attached hydrogen (secondary N) is 1. The third-order valence-corrected chi connectivity index (χ3v) is 2.87. The lowest BCUT2D eigenvalue weighted by atomic mass is 10.1. The number of nitriles is 1. The molecule has 0 aliphatic carbocycles. The fourth-order valence-electron chi connectivity index (χ4n) is 1.86. The first-order valence-corrected chi connectivity index (χ1v) is 6.49. The van der Waals surface area contributed by atoms with Gasteiger partial charge in [0.2, 0.25) is 0 Å². The highest BCUT2D eigenvalue weighted by Gasteiger charge is 2.08. The van der Waals surface area contributed by atoms with Crippen LogP contribution in [0.2, 0.25) is 0 Å². The minimum Gasteiger partial charge on any atom is -0.321 e. The smallest absolute Gasteiger partial charge is 0.274 e. The topological polar surface area (TPSA) is 65.8 Å². The Hall–Kier alpha value is -2.67. The van der Waals surface area contributed by atoms with Crippen LogP contribution in [0.25, 0.3) is 0 Å². The zero-order valence-electron chi connectivity index (χ0n) is 11.3. The predicted molar refractivity (Wildman–Crippen MR) is 77.3 cm³/mol. The summed E-state index contributed by atoms with van der Waals surface area (Å²) in [6, 6.07) is 12.8. The second-order valence-electron chi connectivity index (χ2n) is 4.44. The molecule has 0 bridgehead atoms. The Labute approximate surface area is 118 Å². The Morgan fingerprint density at radius 2 is 2.05 bits per heavy atom. The normalized spacial score (nSPS) is 9.80. The van der Waals surface area contributed by atoms with Gasteiger partial charge in [-0.25, -0.2) is 0 Å². The lowest BCUT2D eigenvalue weighted by Gasteiger charge is -2.06. The summed E-state index contributed by atoms with van der Waals surface area (Å²) >= 11 is 0. The number of anilines is 1. The van der Waals surface area contributed by atoms with E-state index in [0.29, 0.717) is 5.56 Å². The van der Waals surface area contributed by atoms with Gasteiger partial charge < -0.3 is 5.32 Å². The van der Waals surface area contributed by atoms with Crippen LogP contribution in [0, 0.1) is 11.3 Å². The molecule has 0 radical (unpaired) electrons. The summed E-state index contributed by atoms with van der Waals surface area (Å²) in [7, 11) is 0. The van der Waals surface area contributed by atoms with E-state index in [0.717, 1.165) is 18.5 Å². The standard InChI is InChI=1S/C16H15N3O/c1-2-3-12-4-6-14(7-5-12)19-16(20)15-10-13(11-17)8-9-18-15/h4-10H,2-3H2,1H3,(H,19,20). The van der Waals surface area contributed by atoms with E-state index in [2.05, 4.69) is 17.2 Å². The minimum atomic E-state index is -0.314. The van der Waals surface area contributed by atoms with Gasteiger partial charge in [-0.2, -0.15) is 5.26 Å². The highest BCUT2D eigenvalue weighted by molar-refractivity contribution is 6.03. The monoisotopic (exact) mass is 265 g/mol. The summed E-state index contributed by atoms with van der Waals surface area (Å²) in [4.78, 5) is 16.0. The Morgan fingerprint density at radius 1 is 1.30 bits per heavy atom. The van der Waals surface area contributed by atoms with E-state index in [4.69, 9.17) is 5.26 Å². The molecule has 0 unspecified atom stereocenters. The van der Waals surface area contributed by atoms with E-state index in [1.54, 1.807) is 6.07 Å². The number of aromatic nitrogens is 1. The molecular weight excluding hydrogens is 250 g/mol. The van der Waals surface area contributed by atoms with Crippen molar-refractivity contribution in [2.45, 2.75) is 19.8 Å². The maximum absolute atomic E-state index is 12.0. The van der Waals surface area contributed by atoms with Gasteiger partial charge >= 0.3 is 0 Å². The maximum Gasteiger partial charge on any atom is 0.274 e. The van der Waals surface area contributed by atoms with E-state index in [1.165, 1.54) is 17.8 Å². The van der Waals surface area contributed by atoms with E-state index in [9.17, 15) is 4.79 Å². The van der Waals surface area contributed by atoms with Crippen LogP contribution in [-0.4, -0.2) is 10.9 Å².